The van der Waals surface area contributed by atoms with Gasteiger partial charge in [-0.05, 0) is 64.9 Å². The van der Waals surface area contributed by atoms with Gasteiger partial charge in [-0.25, -0.2) is 13.8 Å². The minimum absolute atomic E-state index is 0.0233. The molecular weight excluding hydrogens is 551 g/mol. The van der Waals surface area contributed by atoms with Gasteiger partial charge < -0.3 is 4.42 Å². The van der Waals surface area contributed by atoms with E-state index in [-0.39, 0.29) is 17.1 Å². The summed E-state index contributed by atoms with van der Waals surface area (Å²) in [6, 6.07) is 16.4. The highest BCUT2D eigenvalue weighted by Gasteiger charge is 2.26. The molecule has 3 aromatic rings. The molecule has 0 bridgehead atoms. The molecule has 12 heteroatoms. The Morgan fingerprint density at radius 1 is 1.12 bits per heavy atom. The Morgan fingerprint density at radius 2 is 1.81 bits per heavy atom. The van der Waals surface area contributed by atoms with Crippen LogP contribution in [0.2, 0.25) is 0 Å². The Hall–Kier alpha value is -3.10. The molecule has 32 heavy (non-hydrogen) atoms. The quantitative estimate of drug-likeness (QED) is 0.176. The molecule has 0 fully saturated rings. The molecule has 0 radical (unpaired) electrons. The first kappa shape index (κ1) is 23.6. The van der Waals surface area contributed by atoms with E-state index in [2.05, 4.69) is 37.8 Å². The smallest absolute Gasteiger partial charge is 0.400 e. The van der Waals surface area contributed by atoms with Crippen LogP contribution in [0.1, 0.15) is 11.3 Å². The number of rotatable bonds is 9. The Balaban J connectivity index is 1.76. The molecule has 1 heterocycles. The van der Waals surface area contributed by atoms with Crippen LogP contribution in [0.3, 0.4) is 0 Å². The summed E-state index contributed by atoms with van der Waals surface area (Å²) in [5.41, 5.74) is 2.99. The first-order valence-electron chi connectivity index (χ1n) is 9.13. The molecule has 1 atom stereocenters. The molecule has 0 aliphatic carbocycles. The number of nitro groups is 1. The zero-order valence-corrected chi connectivity index (χ0v) is 19.3. The number of carbonyl (C=O) groups is 1. The highest BCUT2D eigenvalue weighted by Crippen LogP contribution is 2.15. The summed E-state index contributed by atoms with van der Waals surface area (Å²) in [6.45, 7) is 0. The summed E-state index contributed by atoms with van der Waals surface area (Å²) in [7, 11) is -3.98. The summed E-state index contributed by atoms with van der Waals surface area (Å²) in [6.07, 6.45) is 1.16. The number of nitrogens with one attached hydrogen (secondary N) is 2. The molecule has 0 spiro atoms. The van der Waals surface area contributed by atoms with Gasteiger partial charge in [0.1, 0.15) is 11.0 Å². The minimum atomic E-state index is -3.98. The van der Waals surface area contributed by atoms with Crippen LogP contribution >= 0.6 is 22.6 Å². The maximum atomic E-state index is 12.8. The molecule has 3 rings (SSSR count). The zero-order valence-electron chi connectivity index (χ0n) is 16.3. The van der Waals surface area contributed by atoms with E-state index in [1.807, 2.05) is 0 Å². The van der Waals surface area contributed by atoms with Crippen LogP contribution in [-0.4, -0.2) is 31.5 Å². The van der Waals surface area contributed by atoms with Gasteiger partial charge in [0.15, 0.2) is 5.76 Å². The fourth-order valence-corrected chi connectivity index (χ4v) is 4.21. The summed E-state index contributed by atoms with van der Waals surface area (Å²) < 4.78 is 33.8. The van der Waals surface area contributed by atoms with E-state index >= 15 is 0 Å². The van der Waals surface area contributed by atoms with Gasteiger partial charge in [0.05, 0.1) is 17.2 Å². The normalized spacial score (nSPS) is 12.5. The molecule has 0 aliphatic rings. The van der Waals surface area contributed by atoms with Crippen LogP contribution in [0.4, 0.5) is 5.88 Å². The van der Waals surface area contributed by atoms with Gasteiger partial charge in [-0.2, -0.15) is 9.82 Å². The topological polar surface area (TPSA) is 144 Å². The molecule has 0 saturated heterocycles. The van der Waals surface area contributed by atoms with Crippen molar-refractivity contribution in [1.29, 1.82) is 0 Å². The fourth-order valence-electron chi connectivity index (χ4n) is 2.65. The van der Waals surface area contributed by atoms with E-state index in [0.29, 0.717) is 0 Å². The van der Waals surface area contributed by atoms with Crippen molar-refractivity contribution in [2.45, 2.75) is 17.4 Å². The Labute approximate surface area is 197 Å². The SMILES string of the molecule is O=C(N/N=C\c1ccc([N+](=O)[O-])o1)[C@@H](Cc1ccccc1)NS(=O)(=O)c1ccc(I)cc1. The lowest BCUT2D eigenvalue weighted by atomic mass is 10.1. The number of halogens is 1. The fraction of sp³-hybridized carbons (Fsp3) is 0.100. The van der Waals surface area contributed by atoms with Crippen LogP contribution < -0.4 is 10.1 Å². The molecule has 2 aromatic carbocycles. The first-order chi connectivity index (χ1) is 15.2. The standard InChI is InChI=1S/C20H17IN4O6S/c21-15-6-9-17(10-7-15)32(29,30)24-18(12-14-4-2-1-3-5-14)20(26)23-22-13-16-8-11-19(31-16)25(27)28/h1-11,13,18,24H,12H2,(H,23,26)/b22-13-/t18-/m1/s1. The van der Waals surface area contributed by atoms with Gasteiger partial charge in [-0.15, -0.1) is 0 Å². The van der Waals surface area contributed by atoms with Gasteiger partial charge in [-0.3, -0.25) is 14.9 Å². The van der Waals surface area contributed by atoms with Crippen LogP contribution in [0, 0.1) is 13.7 Å². The third-order valence-electron chi connectivity index (χ3n) is 4.18. The zero-order chi connectivity index (χ0) is 23.1. The van der Waals surface area contributed by atoms with Gasteiger partial charge in [-0.1, -0.05) is 30.3 Å². The van der Waals surface area contributed by atoms with Crippen molar-refractivity contribution in [2.24, 2.45) is 5.10 Å². The van der Waals surface area contributed by atoms with Crippen molar-refractivity contribution < 1.29 is 22.6 Å². The van der Waals surface area contributed by atoms with E-state index in [9.17, 15) is 23.3 Å². The van der Waals surface area contributed by atoms with Crippen molar-refractivity contribution >= 4 is 50.6 Å². The van der Waals surface area contributed by atoms with E-state index in [0.717, 1.165) is 21.4 Å². The predicted octanol–water partition coefficient (Wildman–Crippen LogP) is 2.83. The molecule has 1 aromatic heterocycles. The predicted molar refractivity (Wildman–Crippen MR) is 125 cm³/mol. The number of sulfonamides is 1. The van der Waals surface area contributed by atoms with Crippen LogP contribution in [0.25, 0.3) is 0 Å². The van der Waals surface area contributed by atoms with Crippen molar-refractivity contribution in [3.05, 3.63) is 91.7 Å². The van der Waals surface area contributed by atoms with Crippen LogP contribution in [0.15, 0.2) is 81.1 Å². The number of nitrogens with zero attached hydrogens (tertiary/aromatic N) is 2. The van der Waals surface area contributed by atoms with Crippen LogP contribution in [0.5, 0.6) is 0 Å². The third kappa shape index (κ3) is 6.45. The number of amides is 1. The summed E-state index contributed by atoms with van der Waals surface area (Å²) >= 11 is 2.06. The van der Waals surface area contributed by atoms with Gasteiger partial charge in [0.25, 0.3) is 5.91 Å². The number of carbonyl (C=O) groups excluding carboxylic acids is 1. The molecule has 1 amide bonds. The van der Waals surface area contributed by atoms with Gasteiger partial charge in [0, 0.05) is 3.57 Å². The van der Waals surface area contributed by atoms with Gasteiger partial charge in [0.2, 0.25) is 10.0 Å². The number of benzene rings is 2. The molecule has 2 N–H and O–H groups in total. The number of hydrazone groups is 1. The molecule has 0 unspecified atom stereocenters. The summed E-state index contributed by atoms with van der Waals surface area (Å²) in [4.78, 5) is 22.7. The maximum Gasteiger partial charge on any atom is 0.433 e. The van der Waals surface area contributed by atoms with Gasteiger partial charge >= 0.3 is 5.88 Å². The number of hydrogen-bond acceptors (Lipinski definition) is 7. The first-order valence-corrected chi connectivity index (χ1v) is 11.7. The number of hydrogen-bond donors (Lipinski definition) is 2. The highest BCUT2D eigenvalue weighted by atomic mass is 127. The lowest BCUT2D eigenvalue weighted by Crippen LogP contribution is -2.46. The minimum Gasteiger partial charge on any atom is -0.400 e. The molecule has 166 valence electrons. The van der Waals surface area contributed by atoms with E-state index in [1.165, 1.54) is 18.2 Å². The molecule has 0 saturated carbocycles. The second-order valence-electron chi connectivity index (χ2n) is 6.48. The molecular formula is C20H17IN4O6S. The highest BCUT2D eigenvalue weighted by molar-refractivity contribution is 14.1. The van der Waals surface area contributed by atoms with Crippen molar-refractivity contribution in [3.63, 3.8) is 0 Å². The van der Waals surface area contributed by atoms with E-state index in [1.54, 1.807) is 42.5 Å². The average molecular weight is 568 g/mol. The molecule has 10 nitrogen and oxygen atoms in total. The van der Waals surface area contributed by atoms with Crippen LogP contribution in [-0.2, 0) is 21.2 Å². The maximum absolute atomic E-state index is 12.8. The second-order valence-corrected chi connectivity index (χ2v) is 9.44. The molecule has 0 aliphatic heterocycles. The lowest BCUT2D eigenvalue weighted by Gasteiger charge is -2.17. The second kappa shape index (κ2) is 10.5. The monoisotopic (exact) mass is 568 g/mol. The Morgan fingerprint density at radius 3 is 2.44 bits per heavy atom. The summed E-state index contributed by atoms with van der Waals surface area (Å²) in [5.74, 6) is -1.12. The van der Waals surface area contributed by atoms with Crippen molar-refractivity contribution in [1.82, 2.24) is 10.1 Å². The van der Waals surface area contributed by atoms with Crippen molar-refractivity contribution in [3.8, 4) is 0 Å². The lowest BCUT2D eigenvalue weighted by molar-refractivity contribution is -0.402. The Kier molecular flexibility index (Phi) is 7.71. The van der Waals surface area contributed by atoms with Crippen molar-refractivity contribution in [2.75, 3.05) is 0 Å². The van der Waals surface area contributed by atoms with E-state index < -0.39 is 32.8 Å². The largest absolute Gasteiger partial charge is 0.433 e. The van der Waals surface area contributed by atoms with E-state index in [4.69, 9.17) is 4.42 Å². The average Bonchev–Trinajstić information content (AvgIpc) is 3.23. The summed E-state index contributed by atoms with van der Waals surface area (Å²) in [5, 5.41) is 14.4. The third-order valence-corrected chi connectivity index (χ3v) is 6.39. The number of furan rings is 1. The Bertz CT molecular complexity index is 1230.